The molecule has 2 aliphatic rings. The van der Waals surface area contributed by atoms with E-state index >= 15 is 0 Å². The van der Waals surface area contributed by atoms with Crippen LogP contribution in [0.4, 0.5) is 0 Å². The van der Waals surface area contributed by atoms with E-state index in [-0.39, 0.29) is 22.8 Å². The Bertz CT molecular complexity index is 2670. The number of pyridine rings is 2. The highest BCUT2D eigenvalue weighted by atomic mass is 16.2. The molecule has 1 amide bonds. The third kappa shape index (κ3) is 4.79. The molecule has 6 heterocycles. The van der Waals surface area contributed by atoms with Crippen molar-refractivity contribution in [1.29, 1.82) is 0 Å². The van der Waals surface area contributed by atoms with Gasteiger partial charge in [-0.15, -0.1) is 0 Å². The van der Waals surface area contributed by atoms with Gasteiger partial charge in [-0.1, -0.05) is 0 Å². The zero-order chi connectivity index (χ0) is 35.1. The predicted octanol–water partition coefficient (Wildman–Crippen LogP) is 5.23. The quantitative estimate of drug-likeness (QED) is 0.162. The van der Waals surface area contributed by atoms with Crippen molar-refractivity contribution in [2.24, 2.45) is 0 Å². The summed E-state index contributed by atoms with van der Waals surface area (Å²) < 4.78 is 3.19. The van der Waals surface area contributed by atoms with Crippen LogP contribution in [0.5, 0.6) is 0 Å². The fraction of sp³-hybridized carbons (Fsp3) is 0.317. The summed E-state index contributed by atoms with van der Waals surface area (Å²) in [6.07, 6.45) is 6.11. The number of aromatic nitrogens is 4. The Hall–Kier alpha value is -5.52. The van der Waals surface area contributed by atoms with Crippen LogP contribution in [0.1, 0.15) is 59.2 Å². The molecule has 11 nitrogen and oxygen atoms in total. The van der Waals surface area contributed by atoms with Crippen molar-refractivity contribution in [3.63, 3.8) is 0 Å². The number of fused-ring (bicyclic) bond motifs is 8. The zero-order valence-corrected chi connectivity index (χ0v) is 28.8. The summed E-state index contributed by atoms with van der Waals surface area (Å²) in [5.74, 6) is -0.125. The average molecular weight is 692 g/mol. The minimum absolute atomic E-state index is 0.0607. The average Bonchev–Trinajstić information content (AvgIpc) is 3.99. The van der Waals surface area contributed by atoms with Gasteiger partial charge in [0.1, 0.15) is 11.3 Å². The molecule has 0 unspecified atom stereocenters. The number of nitrogens with one attached hydrogen (secondary N) is 1. The summed E-state index contributed by atoms with van der Waals surface area (Å²) in [4.78, 5) is 69.5. The molecule has 52 heavy (non-hydrogen) atoms. The van der Waals surface area contributed by atoms with Crippen LogP contribution in [0.3, 0.4) is 0 Å². The van der Waals surface area contributed by atoms with E-state index in [1.54, 1.807) is 51.3 Å². The molecule has 2 aliphatic heterocycles. The van der Waals surface area contributed by atoms with E-state index in [2.05, 4.69) is 15.1 Å². The Morgan fingerprint density at radius 2 is 1.12 bits per heavy atom. The summed E-state index contributed by atoms with van der Waals surface area (Å²) >= 11 is 0. The Labute approximate surface area is 297 Å². The lowest BCUT2D eigenvalue weighted by atomic mass is 9.96. The Morgan fingerprint density at radius 1 is 0.615 bits per heavy atom. The van der Waals surface area contributed by atoms with E-state index in [0.29, 0.717) is 79.0 Å². The van der Waals surface area contributed by atoms with Crippen molar-refractivity contribution in [2.45, 2.75) is 38.5 Å². The molecule has 2 saturated heterocycles. The first-order valence-corrected chi connectivity index (χ1v) is 18.5. The monoisotopic (exact) mass is 691 g/mol. The van der Waals surface area contributed by atoms with Gasteiger partial charge in [-0.25, -0.2) is 9.97 Å². The van der Waals surface area contributed by atoms with E-state index in [0.717, 1.165) is 56.5 Å². The number of benzene rings is 4. The SMILES string of the molecule is O=C(CCCN1CCCC1)c1ccc2nc3c4ccc5c(=O)n6c7cc(C(=O)NCCN8CCCC8)ccc7nc6c6ccc(c(=O)n3c2c1)c4c56. The van der Waals surface area contributed by atoms with E-state index < -0.39 is 0 Å². The number of hydrogen-bond donors (Lipinski definition) is 1. The van der Waals surface area contributed by atoms with Gasteiger partial charge in [-0.2, -0.15) is 0 Å². The fourth-order valence-corrected chi connectivity index (χ4v) is 8.75. The maximum atomic E-state index is 14.3. The lowest BCUT2D eigenvalue weighted by Gasteiger charge is -2.14. The largest absolute Gasteiger partial charge is 0.351 e. The van der Waals surface area contributed by atoms with E-state index in [1.807, 2.05) is 18.2 Å². The molecule has 4 aromatic carbocycles. The van der Waals surface area contributed by atoms with Gasteiger partial charge in [0.15, 0.2) is 5.78 Å². The topological polar surface area (TPSA) is 121 Å². The van der Waals surface area contributed by atoms with Crippen LogP contribution in [-0.4, -0.2) is 86.1 Å². The van der Waals surface area contributed by atoms with Crippen LogP contribution in [-0.2, 0) is 0 Å². The second-order valence-electron chi connectivity index (χ2n) is 14.5. The number of carbonyl (C=O) groups is 2. The van der Waals surface area contributed by atoms with Gasteiger partial charge >= 0.3 is 0 Å². The van der Waals surface area contributed by atoms with Crippen LogP contribution >= 0.6 is 0 Å². The molecule has 260 valence electrons. The highest BCUT2D eigenvalue weighted by Crippen LogP contribution is 2.37. The molecule has 0 atom stereocenters. The standard InChI is InChI=1S/C41H37N7O4/c49-34(6-5-20-45-16-1-2-17-45)24-7-13-30-32(22-24)47-37(43-30)26-9-12-29-36-27(10-11-28(35(26)36)40(47)51)38-44-31-14-8-25(23-33(31)48(38)41(29)52)39(50)42-15-21-46-18-3-4-19-46/h7-14,22-23H,1-6,15-21H2,(H,42,50). The molecular weight excluding hydrogens is 654 g/mol. The fourth-order valence-electron chi connectivity index (χ4n) is 8.75. The summed E-state index contributed by atoms with van der Waals surface area (Å²) in [5.41, 5.74) is 3.88. The van der Waals surface area contributed by atoms with Crippen LogP contribution in [0.25, 0.3) is 65.7 Å². The van der Waals surface area contributed by atoms with Crippen molar-refractivity contribution < 1.29 is 9.59 Å². The van der Waals surface area contributed by atoms with Crippen LogP contribution in [0.15, 0.2) is 70.3 Å². The van der Waals surface area contributed by atoms with Crippen molar-refractivity contribution in [1.82, 2.24) is 33.9 Å². The molecule has 0 bridgehead atoms. The van der Waals surface area contributed by atoms with Gasteiger partial charge < -0.3 is 15.1 Å². The first-order chi connectivity index (χ1) is 25.4. The minimum Gasteiger partial charge on any atom is -0.351 e. The minimum atomic E-state index is -0.264. The van der Waals surface area contributed by atoms with Gasteiger partial charge in [-0.05, 0) is 125 Å². The third-order valence-corrected chi connectivity index (χ3v) is 11.4. The van der Waals surface area contributed by atoms with E-state index in [1.165, 1.54) is 25.7 Å². The first kappa shape index (κ1) is 31.2. The maximum absolute atomic E-state index is 14.3. The molecule has 10 rings (SSSR count). The number of Topliss-reactive ketones (excluding diaryl/α,β-unsaturated/α-hetero) is 1. The second kappa shape index (κ2) is 12.0. The number of amides is 1. The van der Waals surface area contributed by atoms with Gasteiger partial charge in [-0.3, -0.25) is 28.0 Å². The highest BCUT2D eigenvalue weighted by molar-refractivity contribution is 6.28. The van der Waals surface area contributed by atoms with Crippen molar-refractivity contribution in [3.05, 3.63) is 92.5 Å². The molecule has 0 saturated carbocycles. The third-order valence-electron chi connectivity index (χ3n) is 11.4. The maximum Gasteiger partial charge on any atom is 0.264 e. The Balaban J connectivity index is 1.06. The molecule has 4 aromatic heterocycles. The number of imidazole rings is 2. The van der Waals surface area contributed by atoms with Gasteiger partial charge in [0.2, 0.25) is 0 Å². The van der Waals surface area contributed by atoms with Crippen molar-refractivity contribution >= 4 is 77.4 Å². The number of rotatable bonds is 9. The Kier molecular flexibility index (Phi) is 7.23. The molecular formula is C41H37N7O4. The summed E-state index contributed by atoms with van der Waals surface area (Å²) in [7, 11) is 0. The van der Waals surface area contributed by atoms with Crippen LogP contribution in [0, 0.1) is 0 Å². The van der Waals surface area contributed by atoms with Gasteiger partial charge in [0, 0.05) is 63.0 Å². The molecule has 8 aromatic rings. The van der Waals surface area contributed by atoms with Gasteiger partial charge in [0.05, 0.1) is 22.1 Å². The predicted molar refractivity (Wildman–Crippen MR) is 204 cm³/mol. The smallest absolute Gasteiger partial charge is 0.264 e. The van der Waals surface area contributed by atoms with Gasteiger partial charge in [0.25, 0.3) is 17.0 Å². The molecule has 0 aliphatic carbocycles. The van der Waals surface area contributed by atoms with Crippen LogP contribution in [0.2, 0.25) is 0 Å². The second-order valence-corrected chi connectivity index (χ2v) is 14.5. The van der Waals surface area contributed by atoms with Crippen molar-refractivity contribution in [2.75, 3.05) is 45.8 Å². The zero-order valence-electron chi connectivity index (χ0n) is 28.8. The number of carbonyl (C=O) groups excluding carboxylic acids is 2. The van der Waals surface area contributed by atoms with Crippen molar-refractivity contribution in [3.8, 4) is 0 Å². The molecule has 0 spiro atoms. The summed E-state index contributed by atoms with van der Waals surface area (Å²) in [5, 5.41) is 6.78. The Morgan fingerprint density at radius 3 is 1.69 bits per heavy atom. The molecule has 1 N–H and O–H groups in total. The molecule has 11 heteroatoms. The number of hydrogen-bond acceptors (Lipinski definition) is 8. The number of ketones is 1. The van der Waals surface area contributed by atoms with E-state index in [4.69, 9.17) is 9.97 Å². The molecule has 0 radical (unpaired) electrons. The summed E-state index contributed by atoms with van der Waals surface area (Å²) in [6.45, 7) is 6.66. The normalized spacial score (nSPS) is 16.0. The molecule has 2 fully saturated rings. The van der Waals surface area contributed by atoms with Crippen LogP contribution < -0.4 is 16.4 Å². The lowest BCUT2D eigenvalue weighted by molar-refractivity contribution is 0.0947. The number of nitrogens with zero attached hydrogens (tertiary/aromatic N) is 6. The van der Waals surface area contributed by atoms with E-state index in [9.17, 15) is 19.2 Å². The summed E-state index contributed by atoms with van der Waals surface area (Å²) in [6, 6.07) is 18.0. The first-order valence-electron chi connectivity index (χ1n) is 18.5. The lowest BCUT2D eigenvalue weighted by Crippen LogP contribution is -2.33. The highest BCUT2D eigenvalue weighted by Gasteiger charge is 2.24. The number of likely N-dealkylation sites (tertiary alicyclic amines) is 2.